The van der Waals surface area contributed by atoms with Crippen LogP contribution in [0.2, 0.25) is 5.02 Å². The van der Waals surface area contributed by atoms with E-state index in [4.69, 9.17) is 21.3 Å². The highest BCUT2D eigenvalue weighted by molar-refractivity contribution is 6.30. The number of aryl methyl sites for hydroxylation is 1. The second kappa shape index (κ2) is 7.99. The molecule has 0 radical (unpaired) electrons. The zero-order valence-electron chi connectivity index (χ0n) is 17.5. The number of nitrogens with one attached hydrogen (secondary N) is 1. The summed E-state index contributed by atoms with van der Waals surface area (Å²) < 4.78 is 22.2. The van der Waals surface area contributed by atoms with Gasteiger partial charge in [-0.1, -0.05) is 11.6 Å². The van der Waals surface area contributed by atoms with Crippen molar-refractivity contribution in [2.24, 2.45) is 7.05 Å². The number of aromatic nitrogens is 5. The summed E-state index contributed by atoms with van der Waals surface area (Å²) in [5, 5.41) is 7.44. The minimum atomic E-state index is -0.526. The Morgan fingerprint density at radius 3 is 2.88 bits per heavy atom. The number of morpholine rings is 1. The van der Waals surface area contributed by atoms with Crippen molar-refractivity contribution < 1.29 is 9.13 Å². The normalized spacial score (nSPS) is 16.6. The molecule has 1 aliphatic rings. The van der Waals surface area contributed by atoms with E-state index in [-0.39, 0.29) is 22.2 Å². The quantitative estimate of drug-likeness (QED) is 0.510. The summed E-state index contributed by atoms with van der Waals surface area (Å²) >= 11 is 5.95. The first kappa shape index (κ1) is 20.6. The number of ether oxygens (including phenoxy) is 1. The first-order valence-electron chi connectivity index (χ1n) is 10.1. The summed E-state index contributed by atoms with van der Waals surface area (Å²) in [6.07, 6.45) is 3.31. The Morgan fingerprint density at radius 2 is 2.12 bits per heavy atom. The molecule has 0 spiro atoms. The molecule has 1 saturated heterocycles. The Morgan fingerprint density at radius 1 is 1.28 bits per heavy atom. The van der Waals surface area contributed by atoms with E-state index >= 15 is 0 Å². The average molecular weight is 455 g/mol. The lowest BCUT2D eigenvalue weighted by Gasteiger charge is -2.33. The standard InChI is InChI=1S/C22H20ClFN6O2/c1-12-27-21-16(22(31)29(12)2)8-19(28-20(21)15-4-3-14(23)7-17(15)24)30-5-6-32-18(11-30)13-9-25-26-10-13/h3-4,7-10,18H,5-6,11H2,1-2H3,(H,25,26). The van der Waals surface area contributed by atoms with Crippen LogP contribution in [-0.2, 0) is 11.8 Å². The number of H-pyrrole nitrogens is 1. The number of anilines is 1. The molecule has 0 aliphatic carbocycles. The molecule has 8 nitrogen and oxygen atoms in total. The summed E-state index contributed by atoms with van der Waals surface area (Å²) in [4.78, 5) is 24.4. The van der Waals surface area contributed by atoms with Crippen LogP contribution in [0, 0.1) is 12.7 Å². The van der Waals surface area contributed by atoms with Gasteiger partial charge in [0.15, 0.2) is 0 Å². The van der Waals surface area contributed by atoms with Crippen LogP contribution in [0.5, 0.6) is 0 Å². The molecule has 32 heavy (non-hydrogen) atoms. The minimum absolute atomic E-state index is 0.199. The third kappa shape index (κ3) is 3.53. The molecule has 1 fully saturated rings. The molecular formula is C22H20ClFN6O2. The fraction of sp³-hybridized carbons (Fsp3) is 0.273. The number of halogens is 2. The maximum absolute atomic E-state index is 14.9. The highest BCUT2D eigenvalue weighted by Gasteiger charge is 2.26. The Labute approximate surface area is 187 Å². The monoisotopic (exact) mass is 454 g/mol. The molecule has 1 aromatic carbocycles. The van der Waals surface area contributed by atoms with Crippen molar-refractivity contribution in [3.63, 3.8) is 0 Å². The molecule has 0 bridgehead atoms. The van der Waals surface area contributed by atoms with E-state index in [1.54, 1.807) is 44.6 Å². The molecule has 4 heterocycles. The molecule has 1 N–H and O–H groups in total. The van der Waals surface area contributed by atoms with Crippen molar-refractivity contribution >= 4 is 28.3 Å². The molecule has 164 valence electrons. The van der Waals surface area contributed by atoms with Gasteiger partial charge in [0.1, 0.15) is 34.8 Å². The number of benzene rings is 1. The van der Waals surface area contributed by atoms with Gasteiger partial charge < -0.3 is 9.64 Å². The second-order valence-electron chi connectivity index (χ2n) is 7.71. The largest absolute Gasteiger partial charge is 0.370 e. The lowest BCUT2D eigenvalue weighted by molar-refractivity contribution is 0.0395. The van der Waals surface area contributed by atoms with Crippen LogP contribution in [0.1, 0.15) is 17.5 Å². The molecule has 4 aromatic rings. The second-order valence-corrected chi connectivity index (χ2v) is 8.15. The van der Waals surface area contributed by atoms with Gasteiger partial charge in [0, 0.05) is 42.5 Å². The van der Waals surface area contributed by atoms with E-state index in [1.165, 1.54) is 10.6 Å². The minimum Gasteiger partial charge on any atom is -0.370 e. The molecule has 1 atom stereocenters. The lowest BCUT2D eigenvalue weighted by Crippen LogP contribution is -2.39. The zero-order chi connectivity index (χ0) is 22.4. The van der Waals surface area contributed by atoms with Crippen molar-refractivity contribution in [3.8, 4) is 11.3 Å². The van der Waals surface area contributed by atoms with Crippen LogP contribution >= 0.6 is 11.6 Å². The molecule has 0 saturated carbocycles. The smallest absolute Gasteiger partial charge is 0.261 e. The summed E-state index contributed by atoms with van der Waals surface area (Å²) in [6.45, 7) is 3.30. The summed E-state index contributed by atoms with van der Waals surface area (Å²) in [5.41, 5.74) is 1.61. The Kier molecular flexibility index (Phi) is 5.15. The van der Waals surface area contributed by atoms with Crippen LogP contribution in [0.15, 0.2) is 41.5 Å². The number of nitrogens with zero attached hydrogens (tertiary/aromatic N) is 5. The predicted octanol–water partition coefficient (Wildman–Crippen LogP) is 3.40. The summed E-state index contributed by atoms with van der Waals surface area (Å²) in [7, 11) is 1.66. The Bertz CT molecular complexity index is 1370. The average Bonchev–Trinajstić information content (AvgIpc) is 3.33. The Balaban J connectivity index is 1.69. The third-order valence-electron chi connectivity index (χ3n) is 5.74. The predicted molar refractivity (Wildman–Crippen MR) is 119 cm³/mol. The van der Waals surface area contributed by atoms with E-state index in [0.29, 0.717) is 47.9 Å². The number of hydrogen-bond acceptors (Lipinski definition) is 6. The van der Waals surface area contributed by atoms with E-state index in [9.17, 15) is 9.18 Å². The van der Waals surface area contributed by atoms with E-state index < -0.39 is 5.82 Å². The van der Waals surface area contributed by atoms with Crippen molar-refractivity contribution in [3.05, 3.63) is 69.2 Å². The molecule has 10 heteroatoms. The summed E-state index contributed by atoms with van der Waals surface area (Å²) in [5.74, 6) is 0.544. The number of hydrogen-bond donors (Lipinski definition) is 1. The first-order chi connectivity index (χ1) is 15.4. The van der Waals surface area contributed by atoms with E-state index in [0.717, 1.165) is 5.56 Å². The van der Waals surface area contributed by atoms with Gasteiger partial charge in [-0.05, 0) is 31.2 Å². The topological polar surface area (TPSA) is 88.9 Å². The third-order valence-corrected chi connectivity index (χ3v) is 5.98. The van der Waals surface area contributed by atoms with Gasteiger partial charge in [-0.3, -0.25) is 14.5 Å². The fourth-order valence-corrected chi connectivity index (χ4v) is 4.05. The fourth-order valence-electron chi connectivity index (χ4n) is 3.89. The first-order valence-corrected chi connectivity index (χ1v) is 10.5. The highest BCUT2D eigenvalue weighted by Crippen LogP contribution is 2.32. The molecule has 5 rings (SSSR count). The molecule has 1 aliphatic heterocycles. The van der Waals surface area contributed by atoms with Gasteiger partial charge in [0.25, 0.3) is 5.56 Å². The van der Waals surface area contributed by atoms with Crippen LogP contribution in [-0.4, -0.2) is 44.4 Å². The lowest BCUT2D eigenvalue weighted by atomic mass is 10.1. The van der Waals surface area contributed by atoms with E-state index in [2.05, 4.69) is 15.2 Å². The molecule has 3 aromatic heterocycles. The maximum Gasteiger partial charge on any atom is 0.261 e. The van der Waals surface area contributed by atoms with Gasteiger partial charge in [0.05, 0.1) is 18.2 Å². The van der Waals surface area contributed by atoms with Crippen molar-refractivity contribution in [2.45, 2.75) is 13.0 Å². The highest BCUT2D eigenvalue weighted by atomic mass is 35.5. The zero-order valence-corrected chi connectivity index (χ0v) is 18.2. The number of fused-ring (bicyclic) bond motifs is 1. The Hall–Kier alpha value is -3.30. The number of aromatic amines is 1. The number of pyridine rings is 1. The van der Waals surface area contributed by atoms with Gasteiger partial charge in [0.2, 0.25) is 0 Å². The maximum atomic E-state index is 14.9. The SMILES string of the molecule is Cc1nc2c(-c3ccc(Cl)cc3F)nc(N3CCOC(c4cn[nH]c4)C3)cc2c(=O)n1C. The number of rotatable bonds is 3. The van der Waals surface area contributed by atoms with Crippen LogP contribution in [0.3, 0.4) is 0 Å². The van der Waals surface area contributed by atoms with E-state index in [1.807, 2.05) is 4.90 Å². The van der Waals surface area contributed by atoms with Crippen molar-refractivity contribution in [2.75, 3.05) is 24.6 Å². The van der Waals surface area contributed by atoms with Gasteiger partial charge >= 0.3 is 0 Å². The summed E-state index contributed by atoms with van der Waals surface area (Å²) in [6, 6.07) is 6.11. The van der Waals surface area contributed by atoms with Gasteiger partial charge in [-0.2, -0.15) is 5.10 Å². The van der Waals surface area contributed by atoms with Crippen LogP contribution < -0.4 is 10.5 Å². The van der Waals surface area contributed by atoms with Gasteiger partial charge in [-0.15, -0.1) is 0 Å². The molecule has 1 unspecified atom stereocenters. The van der Waals surface area contributed by atoms with Crippen molar-refractivity contribution in [1.82, 2.24) is 24.7 Å². The van der Waals surface area contributed by atoms with Crippen LogP contribution in [0.4, 0.5) is 10.2 Å². The molecular weight excluding hydrogens is 435 g/mol. The molecule has 0 amide bonds. The van der Waals surface area contributed by atoms with Crippen molar-refractivity contribution in [1.29, 1.82) is 0 Å². The van der Waals surface area contributed by atoms with Gasteiger partial charge in [-0.25, -0.2) is 14.4 Å². The van der Waals surface area contributed by atoms with Crippen LogP contribution in [0.25, 0.3) is 22.2 Å².